The van der Waals surface area contributed by atoms with Crippen molar-refractivity contribution in [2.75, 3.05) is 26.7 Å². The lowest BCUT2D eigenvalue weighted by Gasteiger charge is -2.18. The van der Waals surface area contributed by atoms with Gasteiger partial charge in [-0.1, -0.05) is 16.8 Å². The van der Waals surface area contributed by atoms with Crippen LogP contribution >= 0.6 is 11.6 Å². The molecule has 9 heteroatoms. The molecule has 2 rings (SSSR count). The third kappa shape index (κ3) is 5.54. The molecule has 0 bridgehead atoms. The van der Waals surface area contributed by atoms with E-state index in [1.807, 2.05) is 0 Å². The number of carbonyl (C=O) groups is 1. The number of amides is 1. The fraction of sp³-hybridized carbons (Fsp3) is 0.333. The van der Waals surface area contributed by atoms with E-state index in [0.717, 1.165) is 4.90 Å². The number of carbonyl (C=O) groups excluding carboxylic acids is 1. The summed E-state index contributed by atoms with van der Waals surface area (Å²) in [6, 6.07) is 8.25. The van der Waals surface area contributed by atoms with Crippen LogP contribution in [0.2, 0.25) is 5.02 Å². The number of likely N-dealkylation sites (N-methyl/N-ethyl adjacent to an activating group) is 1. The molecule has 0 aliphatic rings. The lowest BCUT2D eigenvalue weighted by atomic mass is 10.1. The van der Waals surface area contributed by atoms with E-state index < -0.39 is 18.6 Å². The van der Waals surface area contributed by atoms with E-state index in [2.05, 4.69) is 10.5 Å². The molecule has 0 spiro atoms. The Morgan fingerprint density at radius 3 is 2.62 bits per heavy atom. The predicted molar refractivity (Wildman–Crippen MR) is 82.8 cm³/mol. The Morgan fingerprint density at radius 1 is 1.33 bits per heavy atom. The number of rotatable bonds is 6. The van der Waals surface area contributed by atoms with Gasteiger partial charge in [0.05, 0.1) is 6.54 Å². The highest BCUT2D eigenvalue weighted by atomic mass is 35.5. The number of aromatic nitrogens is 1. The maximum atomic E-state index is 12.2. The molecule has 1 N–H and O–H groups in total. The number of hydrogen-bond acceptors (Lipinski definition) is 4. The quantitative estimate of drug-likeness (QED) is 0.858. The molecule has 1 heterocycles. The molecule has 0 fully saturated rings. The standard InChI is InChI=1S/C15H15ClF3N3O2/c1-22(9-15(17,18)19)7-6-20-14(23)12-8-13(24-21-12)10-2-4-11(16)5-3-10/h2-5,8H,6-7,9H2,1H3,(H,20,23). The number of nitrogens with one attached hydrogen (secondary N) is 1. The van der Waals surface area contributed by atoms with Crippen molar-refractivity contribution in [3.8, 4) is 11.3 Å². The molecule has 1 amide bonds. The number of halogens is 4. The summed E-state index contributed by atoms with van der Waals surface area (Å²) in [5.74, 6) is -0.120. The van der Waals surface area contributed by atoms with E-state index in [0.29, 0.717) is 16.3 Å². The smallest absolute Gasteiger partial charge is 0.355 e. The summed E-state index contributed by atoms with van der Waals surface area (Å²) >= 11 is 5.79. The van der Waals surface area contributed by atoms with Gasteiger partial charge in [0, 0.05) is 29.7 Å². The molecule has 0 aliphatic heterocycles. The van der Waals surface area contributed by atoms with Crippen molar-refractivity contribution in [3.05, 3.63) is 41.0 Å². The van der Waals surface area contributed by atoms with Crippen LogP contribution in [0.5, 0.6) is 0 Å². The predicted octanol–water partition coefficient (Wildman–Crippen LogP) is 3.22. The van der Waals surface area contributed by atoms with E-state index in [1.54, 1.807) is 24.3 Å². The second kappa shape index (κ2) is 7.67. The van der Waals surface area contributed by atoms with Crippen LogP contribution in [-0.4, -0.2) is 48.8 Å². The molecule has 2 aromatic rings. The Labute approximate surface area is 141 Å². The van der Waals surface area contributed by atoms with Gasteiger partial charge in [0.15, 0.2) is 11.5 Å². The molecular formula is C15H15ClF3N3O2. The van der Waals surface area contributed by atoms with Crippen molar-refractivity contribution in [2.45, 2.75) is 6.18 Å². The number of nitrogens with zero attached hydrogens (tertiary/aromatic N) is 2. The molecule has 0 saturated heterocycles. The van der Waals surface area contributed by atoms with Crippen molar-refractivity contribution >= 4 is 17.5 Å². The van der Waals surface area contributed by atoms with Gasteiger partial charge in [-0.25, -0.2) is 0 Å². The first-order valence-corrected chi connectivity index (χ1v) is 7.38. The summed E-state index contributed by atoms with van der Waals surface area (Å²) in [5, 5.41) is 6.73. The van der Waals surface area contributed by atoms with Gasteiger partial charge in [0.2, 0.25) is 0 Å². The zero-order valence-electron chi connectivity index (χ0n) is 12.7. The summed E-state index contributed by atoms with van der Waals surface area (Å²) < 4.78 is 41.7. The zero-order chi connectivity index (χ0) is 17.7. The SMILES string of the molecule is CN(CCNC(=O)c1cc(-c2ccc(Cl)cc2)on1)CC(F)(F)F. The summed E-state index contributed by atoms with van der Waals surface area (Å²) in [6.07, 6.45) is -4.27. The van der Waals surface area contributed by atoms with Gasteiger partial charge in [0.25, 0.3) is 5.91 Å². The van der Waals surface area contributed by atoms with Gasteiger partial charge in [-0.05, 0) is 31.3 Å². The van der Waals surface area contributed by atoms with E-state index in [1.165, 1.54) is 13.1 Å². The largest absolute Gasteiger partial charge is 0.401 e. The molecule has 0 radical (unpaired) electrons. The lowest BCUT2D eigenvalue weighted by Crippen LogP contribution is -2.37. The summed E-state index contributed by atoms with van der Waals surface area (Å²) in [4.78, 5) is 13.0. The van der Waals surface area contributed by atoms with Crippen LogP contribution in [0, 0.1) is 0 Å². The molecule has 130 valence electrons. The number of alkyl halides is 3. The summed E-state index contributed by atoms with van der Waals surface area (Å²) in [6.45, 7) is -0.907. The lowest BCUT2D eigenvalue weighted by molar-refractivity contribution is -0.142. The van der Waals surface area contributed by atoms with Crippen molar-refractivity contribution in [1.29, 1.82) is 0 Å². The first kappa shape index (κ1) is 18.3. The van der Waals surface area contributed by atoms with E-state index >= 15 is 0 Å². The first-order valence-electron chi connectivity index (χ1n) is 7.01. The van der Waals surface area contributed by atoms with Crippen LogP contribution in [0.15, 0.2) is 34.9 Å². The Bertz CT molecular complexity index is 686. The van der Waals surface area contributed by atoms with Gasteiger partial charge in [-0.2, -0.15) is 13.2 Å². The molecule has 24 heavy (non-hydrogen) atoms. The van der Waals surface area contributed by atoms with E-state index in [-0.39, 0.29) is 18.8 Å². The second-order valence-electron chi connectivity index (χ2n) is 5.19. The third-order valence-electron chi connectivity index (χ3n) is 3.10. The monoisotopic (exact) mass is 361 g/mol. The van der Waals surface area contributed by atoms with Crippen molar-refractivity contribution in [1.82, 2.24) is 15.4 Å². The Hall–Kier alpha value is -2.06. The maximum absolute atomic E-state index is 12.2. The van der Waals surface area contributed by atoms with Crippen molar-refractivity contribution in [2.24, 2.45) is 0 Å². The molecule has 5 nitrogen and oxygen atoms in total. The minimum atomic E-state index is -4.27. The van der Waals surface area contributed by atoms with Crippen LogP contribution in [0.25, 0.3) is 11.3 Å². The Balaban J connectivity index is 1.86. The summed E-state index contributed by atoms with van der Waals surface area (Å²) in [7, 11) is 1.33. The van der Waals surface area contributed by atoms with Crippen LogP contribution in [0.1, 0.15) is 10.5 Å². The molecule has 1 aromatic heterocycles. The Kier molecular flexibility index (Phi) is 5.84. The molecule has 0 saturated carbocycles. The van der Waals surface area contributed by atoms with Gasteiger partial charge in [0.1, 0.15) is 0 Å². The van der Waals surface area contributed by atoms with Crippen molar-refractivity contribution in [3.63, 3.8) is 0 Å². The van der Waals surface area contributed by atoms with Gasteiger partial charge in [-0.3, -0.25) is 9.69 Å². The molecular weight excluding hydrogens is 347 g/mol. The van der Waals surface area contributed by atoms with Crippen LogP contribution < -0.4 is 5.32 Å². The van der Waals surface area contributed by atoms with Crippen LogP contribution in [0.4, 0.5) is 13.2 Å². The van der Waals surface area contributed by atoms with E-state index in [9.17, 15) is 18.0 Å². The average Bonchev–Trinajstić information content (AvgIpc) is 2.96. The van der Waals surface area contributed by atoms with Gasteiger partial charge in [-0.15, -0.1) is 0 Å². The third-order valence-corrected chi connectivity index (χ3v) is 3.35. The number of hydrogen-bond donors (Lipinski definition) is 1. The highest BCUT2D eigenvalue weighted by Gasteiger charge is 2.28. The van der Waals surface area contributed by atoms with Crippen LogP contribution in [0.3, 0.4) is 0 Å². The zero-order valence-corrected chi connectivity index (χ0v) is 13.5. The number of benzene rings is 1. The maximum Gasteiger partial charge on any atom is 0.401 e. The molecule has 0 unspecified atom stereocenters. The minimum Gasteiger partial charge on any atom is -0.355 e. The first-order chi connectivity index (χ1) is 11.2. The normalized spacial score (nSPS) is 11.8. The molecule has 1 aromatic carbocycles. The molecule has 0 aliphatic carbocycles. The molecule has 0 atom stereocenters. The second-order valence-corrected chi connectivity index (χ2v) is 5.63. The highest BCUT2D eigenvalue weighted by Crippen LogP contribution is 2.22. The van der Waals surface area contributed by atoms with Crippen LogP contribution in [-0.2, 0) is 0 Å². The summed E-state index contributed by atoms with van der Waals surface area (Å²) in [5.41, 5.74) is 0.759. The fourth-order valence-corrected chi connectivity index (χ4v) is 2.09. The highest BCUT2D eigenvalue weighted by molar-refractivity contribution is 6.30. The van der Waals surface area contributed by atoms with Crippen molar-refractivity contribution < 1.29 is 22.5 Å². The van der Waals surface area contributed by atoms with E-state index in [4.69, 9.17) is 16.1 Å². The average molecular weight is 362 g/mol. The van der Waals surface area contributed by atoms with Gasteiger partial charge >= 0.3 is 6.18 Å². The fourth-order valence-electron chi connectivity index (χ4n) is 1.97. The minimum absolute atomic E-state index is 0.0541. The Morgan fingerprint density at radius 2 is 2.00 bits per heavy atom. The topological polar surface area (TPSA) is 58.4 Å². The van der Waals surface area contributed by atoms with Gasteiger partial charge < -0.3 is 9.84 Å².